The lowest BCUT2D eigenvalue weighted by Gasteiger charge is -2.12. The summed E-state index contributed by atoms with van der Waals surface area (Å²) in [5.74, 6) is 1.27. The zero-order valence-corrected chi connectivity index (χ0v) is 14.4. The number of carbonyl (C=O) groups is 1. The van der Waals surface area contributed by atoms with Crippen molar-refractivity contribution in [2.75, 3.05) is 12.3 Å². The summed E-state index contributed by atoms with van der Waals surface area (Å²) in [5, 5.41) is 13.5. The van der Waals surface area contributed by atoms with E-state index >= 15 is 0 Å². The molecule has 0 spiro atoms. The first-order valence-electron chi connectivity index (χ1n) is 6.35. The first-order valence-corrected chi connectivity index (χ1v) is 8.56. The van der Waals surface area contributed by atoms with E-state index in [0.717, 1.165) is 21.4 Å². The largest absolute Gasteiger partial charge is 0.361 e. The number of amides is 1. The number of nitrogens with zero attached hydrogens (tertiary/aromatic N) is 2. The van der Waals surface area contributed by atoms with Gasteiger partial charge in [0.25, 0.3) is 0 Å². The van der Waals surface area contributed by atoms with Gasteiger partial charge in [0.05, 0.1) is 11.4 Å². The molecule has 0 aliphatic rings. The zero-order valence-electron chi connectivity index (χ0n) is 11.9. The molecule has 0 fully saturated rings. The van der Waals surface area contributed by atoms with Gasteiger partial charge in [-0.15, -0.1) is 0 Å². The molecule has 2 aromatic heterocycles. The Hall–Kier alpha value is -1.19. The molecule has 2 aromatic rings. The van der Waals surface area contributed by atoms with Crippen LogP contribution in [-0.2, 0) is 4.79 Å². The van der Waals surface area contributed by atoms with Crippen LogP contribution in [0.25, 0.3) is 0 Å². The van der Waals surface area contributed by atoms with Crippen molar-refractivity contribution in [2.24, 2.45) is 0 Å². The molecule has 114 valence electrons. The molecule has 21 heavy (non-hydrogen) atoms. The molecule has 0 saturated carbocycles. The second-order valence-corrected chi connectivity index (χ2v) is 7.50. The van der Waals surface area contributed by atoms with E-state index in [-0.39, 0.29) is 11.8 Å². The first kappa shape index (κ1) is 16.2. The number of carbonyl (C=O) groups excluding carboxylic acids is 1. The lowest BCUT2D eigenvalue weighted by atomic mass is 10.00. The van der Waals surface area contributed by atoms with Crippen molar-refractivity contribution in [3.63, 3.8) is 0 Å². The summed E-state index contributed by atoms with van der Waals surface area (Å²) in [6, 6.07) is 0. The normalized spacial score (nSPS) is 12.3. The number of aryl methyl sites for hydroxylation is 2. The Balaban J connectivity index is 1.80. The van der Waals surface area contributed by atoms with Crippen LogP contribution in [0.1, 0.15) is 29.9 Å². The SMILES string of the molecule is Cc1noc(C)c1[C@@H](C)CNC(=O)CSc1n[nH]c(=S)s1. The van der Waals surface area contributed by atoms with Gasteiger partial charge in [-0.05, 0) is 26.1 Å². The fourth-order valence-electron chi connectivity index (χ4n) is 2.02. The highest BCUT2D eigenvalue weighted by molar-refractivity contribution is 8.01. The second kappa shape index (κ2) is 7.19. The Labute approximate surface area is 135 Å². The molecule has 6 nitrogen and oxygen atoms in total. The summed E-state index contributed by atoms with van der Waals surface area (Å²) in [6.45, 7) is 6.39. The molecular weight excluding hydrogens is 328 g/mol. The van der Waals surface area contributed by atoms with Crippen LogP contribution in [0, 0.1) is 17.8 Å². The Kier molecular flexibility index (Phi) is 5.54. The smallest absolute Gasteiger partial charge is 0.230 e. The molecule has 0 radical (unpaired) electrons. The van der Waals surface area contributed by atoms with E-state index in [0.29, 0.717) is 16.3 Å². The van der Waals surface area contributed by atoms with Crippen molar-refractivity contribution in [1.29, 1.82) is 0 Å². The Morgan fingerprint density at radius 2 is 2.33 bits per heavy atom. The number of hydrogen-bond acceptors (Lipinski definition) is 7. The predicted molar refractivity (Wildman–Crippen MR) is 85.4 cm³/mol. The number of nitrogens with one attached hydrogen (secondary N) is 2. The van der Waals surface area contributed by atoms with Gasteiger partial charge in [-0.2, -0.15) is 5.10 Å². The minimum absolute atomic E-state index is 0.0280. The number of aromatic nitrogens is 3. The summed E-state index contributed by atoms with van der Waals surface area (Å²) in [4.78, 5) is 11.8. The minimum atomic E-state index is -0.0280. The van der Waals surface area contributed by atoms with Gasteiger partial charge in [-0.25, -0.2) is 0 Å². The lowest BCUT2D eigenvalue weighted by molar-refractivity contribution is -0.118. The number of aromatic amines is 1. The van der Waals surface area contributed by atoms with Crippen LogP contribution in [0.2, 0.25) is 0 Å². The standard InChI is InChI=1S/C12H16N4O2S3/c1-6(10-7(2)16-18-8(10)3)4-13-9(17)5-20-12-15-14-11(19)21-12/h6H,4-5H2,1-3H3,(H,13,17)(H,14,19)/t6-/m0/s1. The van der Waals surface area contributed by atoms with Gasteiger partial charge in [0.1, 0.15) is 5.76 Å². The van der Waals surface area contributed by atoms with E-state index in [1.54, 1.807) is 0 Å². The summed E-state index contributed by atoms with van der Waals surface area (Å²) in [5.41, 5.74) is 1.94. The highest BCUT2D eigenvalue weighted by atomic mass is 32.2. The van der Waals surface area contributed by atoms with E-state index in [1.165, 1.54) is 23.1 Å². The van der Waals surface area contributed by atoms with Crippen LogP contribution >= 0.6 is 35.3 Å². The predicted octanol–water partition coefficient (Wildman–Crippen LogP) is 2.82. The van der Waals surface area contributed by atoms with Gasteiger partial charge in [-0.3, -0.25) is 9.89 Å². The molecular formula is C12H16N4O2S3. The van der Waals surface area contributed by atoms with E-state index in [2.05, 4.69) is 20.7 Å². The monoisotopic (exact) mass is 344 g/mol. The molecule has 0 saturated heterocycles. The first-order chi connectivity index (χ1) is 9.97. The summed E-state index contributed by atoms with van der Waals surface area (Å²) in [6.07, 6.45) is 0. The number of thioether (sulfide) groups is 1. The third-order valence-corrected chi connectivity index (χ3v) is 5.16. The van der Waals surface area contributed by atoms with E-state index in [9.17, 15) is 4.79 Å². The molecule has 2 N–H and O–H groups in total. The van der Waals surface area contributed by atoms with Crippen LogP contribution in [0.3, 0.4) is 0 Å². The zero-order chi connectivity index (χ0) is 15.4. The highest BCUT2D eigenvalue weighted by Crippen LogP contribution is 2.23. The number of hydrogen-bond donors (Lipinski definition) is 2. The van der Waals surface area contributed by atoms with Gasteiger partial charge >= 0.3 is 0 Å². The highest BCUT2D eigenvalue weighted by Gasteiger charge is 2.17. The Morgan fingerprint density at radius 3 is 2.90 bits per heavy atom. The molecule has 1 atom stereocenters. The van der Waals surface area contributed by atoms with E-state index < -0.39 is 0 Å². The summed E-state index contributed by atoms with van der Waals surface area (Å²) < 4.78 is 6.53. The quantitative estimate of drug-likeness (QED) is 0.619. The van der Waals surface area contributed by atoms with Gasteiger partial charge < -0.3 is 9.84 Å². The number of H-pyrrole nitrogens is 1. The third-order valence-electron chi connectivity index (χ3n) is 2.93. The van der Waals surface area contributed by atoms with Crippen LogP contribution < -0.4 is 5.32 Å². The molecule has 2 rings (SSSR count). The second-order valence-electron chi connectivity index (χ2n) is 4.61. The molecule has 1 amide bonds. The van der Waals surface area contributed by atoms with Crippen LogP contribution in [0.5, 0.6) is 0 Å². The fraction of sp³-hybridized carbons (Fsp3) is 0.500. The van der Waals surface area contributed by atoms with Crippen LogP contribution in [-0.4, -0.2) is 33.6 Å². The maximum absolute atomic E-state index is 11.8. The summed E-state index contributed by atoms with van der Waals surface area (Å²) >= 11 is 7.68. The molecule has 0 aromatic carbocycles. The average Bonchev–Trinajstić information content (AvgIpc) is 3.00. The minimum Gasteiger partial charge on any atom is -0.361 e. The van der Waals surface area contributed by atoms with Crippen molar-refractivity contribution in [2.45, 2.75) is 31.0 Å². The van der Waals surface area contributed by atoms with Gasteiger partial charge in [0.15, 0.2) is 8.29 Å². The van der Waals surface area contributed by atoms with Crippen molar-refractivity contribution in [3.8, 4) is 0 Å². The maximum atomic E-state index is 11.8. The van der Waals surface area contributed by atoms with Gasteiger partial charge in [0, 0.05) is 18.0 Å². The van der Waals surface area contributed by atoms with Crippen molar-refractivity contribution >= 4 is 41.2 Å². The van der Waals surface area contributed by atoms with Crippen molar-refractivity contribution < 1.29 is 9.32 Å². The van der Waals surface area contributed by atoms with Gasteiger partial charge in [-0.1, -0.05) is 35.2 Å². The Morgan fingerprint density at radius 1 is 1.57 bits per heavy atom. The third kappa shape index (κ3) is 4.39. The van der Waals surface area contributed by atoms with Crippen molar-refractivity contribution in [3.05, 3.63) is 21.0 Å². The van der Waals surface area contributed by atoms with Crippen LogP contribution in [0.4, 0.5) is 0 Å². The molecule has 0 aliphatic heterocycles. The topological polar surface area (TPSA) is 83.8 Å². The average molecular weight is 344 g/mol. The van der Waals surface area contributed by atoms with Gasteiger partial charge in [0.2, 0.25) is 5.91 Å². The molecule has 0 bridgehead atoms. The Bertz CT molecular complexity index is 657. The fourth-order valence-corrected chi connectivity index (χ4v) is 3.93. The van der Waals surface area contributed by atoms with Crippen LogP contribution in [0.15, 0.2) is 8.86 Å². The van der Waals surface area contributed by atoms with E-state index in [4.69, 9.17) is 16.7 Å². The molecule has 2 heterocycles. The summed E-state index contributed by atoms with van der Waals surface area (Å²) in [7, 11) is 0. The van der Waals surface area contributed by atoms with Crippen molar-refractivity contribution in [1.82, 2.24) is 20.7 Å². The lowest BCUT2D eigenvalue weighted by Crippen LogP contribution is -2.29. The molecule has 9 heteroatoms. The van der Waals surface area contributed by atoms with E-state index in [1.807, 2.05) is 20.8 Å². The molecule has 0 unspecified atom stereocenters. The molecule has 0 aliphatic carbocycles. The number of rotatable bonds is 6. The maximum Gasteiger partial charge on any atom is 0.230 e.